The molecule has 0 aromatic carbocycles. The minimum absolute atomic E-state index is 0.230. The van der Waals surface area contributed by atoms with Gasteiger partial charge in [-0.05, 0) is 38.5 Å². The Labute approximate surface area is 150 Å². The number of unbranched alkanes of at least 4 members (excludes halogenated alkanes) is 10. The van der Waals surface area contributed by atoms with Crippen molar-refractivity contribution in [3.8, 4) is 0 Å². The molecule has 3 nitrogen and oxygen atoms in total. The largest absolute Gasteiger partial charge is 0.395 e. The average Bonchev–Trinajstić information content (AvgIpc) is 3.03. The first-order valence-electron chi connectivity index (χ1n) is 10.3. The molecule has 1 aliphatic rings. The number of aliphatic hydroxyl groups is 1. The van der Waals surface area contributed by atoms with Crippen molar-refractivity contribution in [2.24, 2.45) is 0 Å². The summed E-state index contributed by atoms with van der Waals surface area (Å²) in [6, 6.07) is 0. The molecule has 0 aromatic heterocycles. The first-order valence-corrected chi connectivity index (χ1v) is 10.3. The summed E-state index contributed by atoms with van der Waals surface area (Å²) in [6.45, 7) is 3.24. The standard InChI is InChI=1S/C21H40N2O/c1-2-3-4-5-6-7-8-9-10-11-12-13-14-15-16-21-22-17-18-23(21)19-20-24/h9-10,17-18,21-22,24H,2-8,11-16,19-20H2,1H3/b10-9+. The average molecular weight is 337 g/mol. The van der Waals surface area contributed by atoms with Gasteiger partial charge in [0.05, 0.1) is 12.8 Å². The summed E-state index contributed by atoms with van der Waals surface area (Å²) in [7, 11) is 0. The summed E-state index contributed by atoms with van der Waals surface area (Å²) in [5.74, 6) is 0. The summed E-state index contributed by atoms with van der Waals surface area (Å²) in [5, 5.41) is 12.4. The fraction of sp³-hybridized carbons (Fsp3) is 0.810. The molecule has 3 heteroatoms. The lowest BCUT2D eigenvalue weighted by molar-refractivity contribution is 0.194. The molecule has 0 bridgehead atoms. The van der Waals surface area contributed by atoms with E-state index in [1.54, 1.807) is 0 Å². The Kier molecular flexibility index (Phi) is 13.7. The summed E-state index contributed by atoms with van der Waals surface area (Å²) in [4.78, 5) is 2.20. The monoisotopic (exact) mass is 336 g/mol. The van der Waals surface area contributed by atoms with Crippen LogP contribution in [0.25, 0.3) is 0 Å². The van der Waals surface area contributed by atoms with Crippen molar-refractivity contribution in [1.82, 2.24) is 10.2 Å². The summed E-state index contributed by atoms with van der Waals surface area (Å²) < 4.78 is 0. The summed E-state index contributed by atoms with van der Waals surface area (Å²) >= 11 is 0. The Bertz CT molecular complexity index is 328. The lowest BCUT2D eigenvalue weighted by atomic mass is 10.1. The van der Waals surface area contributed by atoms with Crippen LogP contribution in [-0.2, 0) is 0 Å². The van der Waals surface area contributed by atoms with Crippen LogP contribution in [0.3, 0.4) is 0 Å². The van der Waals surface area contributed by atoms with Crippen LogP contribution in [0.2, 0.25) is 0 Å². The van der Waals surface area contributed by atoms with Crippen molar-refractivity contribution >= 4 is 0 Å². The lowest BCUT2D eigenvalue weighted by Gasteiger charge is -2.24. The van der Waals surface area contributed by atoms with Crippen LogP contribution < -0.4 is 5.32 Å². The number of hydrogen-bond donors (Lipinski definition) is 2. The number of allylic oxidation sites excluding steroid dienone is 2. The second-order valence-corrected chi connectivity index (χ2v) is 6.98. The van der Waals surface area contributed by atoms with Gasteiger partial charge in [-0.15, -0.1) is 0 Å². The molecule has 1 aliphatic heterocycles. The Hall–Kier alpha value is -0.960. The molecular formula is C21H40N2O. The molecule has 1 unspecified atom stereocenters. The molecule has 0 fully saturated rings. The van der Waals surface area contributed by atoms with Crippen LogP contribution in [0.5, 0.6) is 0 Å². The molecule has 0 saturated heterocycles. The Morgan fingerprint density at radius 2 is 1.54 bits per heavy atom. The fourth-order valence-electron chi connectivity index (χ4n) is 3.28. The minimum Gasteiger partial charge on any atom is -0.395 e. The van der Waals surface area contributed by atoms with Crippen LogP contribution in [0.1, 0.15) is 90.4 Å². The van der Waals surface area contributed by atoms with Gasteiger partial charge in [0.15, 0.2) is 0 Å². The first kappa shape index (κ1) is 21.1. The van der Waals surface area contributed by atoms with Gasteiger partial charge in [0.2, 0.25) is 0 Å². The van der Waals surface area contributed by atoms with Crippen molar-refractivity contribution in [2.45, 2.75) is 96.6 Å². The van der Waals surface area contributed by atoms with Gasteiger partial charge in [0, 0.05) is 18.9 Å². The van der Waals surface area contributed by atoms with Gasteiger partial charge < -0.3 is 15.3 Å². The third-order valence-electron chi connectivity index (χ3n) is 4.80. The molecule has 0 spiro atoms. The summed E-state index contributed by atoms with van der Waals surface area (Å²) in [5.41, 5.74) is 0. The highest BCUT2D eigenvalue weighted by Gasteiger charge is 2.16. The maximum Gasteiger partial charge on any atom is 0.0982 e. The van der Waals surface area contributed by atoms with Crippen LogP contribution in [-0.4, -0.2) is 29.3 Å². The molecule has 2 N–H and O–H groups in total. The lowest BCUT2D eigenvalue weighted by Crippen LogP contribution is -2.36. The van der Waals surface area contributed by atoms with Gasteiger partial charge in [-0.3, -0.25) is 0 Å². The van der Waals surface area contributed by atoms with E-state index in [1.165, 1.54) is 83.5 Å². The van der Waals surface area contributed by atoms with Crippen LogP contribution in [0.15, 0.2) is 24.6 Å². The molecule has 0 saturated carbocycles. The van der Waals surface area contributed by atoms with Crippen LogP contribution in [0, 0.1) is 0 Å². The van der Waals surface area contributed by atoms with E-state index in [4.69, 9.17) is 5.11 Å². The molecule has 24 heavy (non-hydrogen) atoms. The molecule has 0 amide bonds. The van der Waals surface area contributed by atoms with E-state index in [0.29, 0.717) is 6.17 Å². The fourth-order valence-corrected chi connectivity index (χ4v) is 3.28. The van der Waals surface area contributed by atoms with E-state index < -0.39 is 0 Å². The second-order valence-electron chi connectivity index (χ2n) is 6.98. The number of rotatable bonds is 16. The van der Waals surface area contributed by atoms with E-state index in [-0.39, 0.29) is 6.61 Å². The Morgan fingerprint density at radius 3 is 2.21 bits per heavy atom. The molecular weight excluding hydrogens is 296 g/mol. The number of β-amino-alcohol motifs (C(OH)–C–C–N with tert-alkyl or cyclic N) is 1. The highest BCUT2D eigenvalue weighted by atomic mass is 16.3. The molecule has 140 valence electrons. The van der Waals surface area contributed by atoms with Crippen molar-refractivity contribution in [2.75, 3.05) is 13.2 Å². The SMILES string of the molecule is CCCCCCCC/C=C/CCCCCCC1NC=CN1CCO. The topological polar surface area (TPSA) is 35.5 Å². The van der Waals surface area contributed by atoms with Gasteiger partial charge in [-0.2, -0.15) is 0 Å². The quantitative estimate of drug-likeness (QED) is 0.295. The molecule has 1 rings (SSSR count). The molecule has 1 atom stereocenters. The number of aliphatic hydroxyl groups excluding tert-OH is 1. The van der Waals surface area contributed by atoms with Gasteiger partial charge >= 0.3 is 0 Å². The van der Waals surface area contributed by atoms with Crippen LogP contribution in [0.4, 0.5) is 0 Å². The molecule has 0 aliphatic carbocycles. The highest BCUT2D eigenvalue weighted by molar-refractivity contribution is 4.93. The first-order chi connectivity index (χ1) is 11.9. The van der Waals surface area contributed by atoms with Crippen molar-refractivity contribution in [3.05, 3.63) is 24.6 Å². The Morgan fingerprint density at radius 1 is 0.917 bits per heavy atom. The molecule has 0 aromatic rings. The van der Waals surface area contributed by atoms with E-state index in [9.17, 15) is 0 Å². The van der Waals surface area contributed by atoms with Crippen LogP contribution >= 0.6 is 0 Å². The third-order valence-corrected chi connectivity index (χ3v) is 4.80. The Balaban J connectivity index is 1.82. The number of nitrogens with one attached hydrogen (secondary N) is 1. The van der Waals surface area contributed by atoms with E-state index >= 15 is 0 Å². The van der Waals surface area contributed by atoms with E-state index in [2.05, 4.69) is 35.5 Å². The van der Waals surface area contributed by atoms with Crippen molar-refractivity contribution in [3.63, 3.8) is 0 Å². The normalized spacial score (nSPS) is 17.1. The third kappa shape index (κ3) is 10.7. The zero-order chi connectivity index (χ0) is 17.3. The number of nitrogens with zero attached hydrogens (tertiary/aromatic N) is 1. The maximum absolute atomic E-state index is 9.03. The smallest absolute Gasteiger partial charge is 0.0982 e. The van der Waals surface area contributed by atoms with E-state index in [1.807, 2.05) is 6.20 Å². The minimum atomic E-state index is 0.230. The number of hydrogen-bond acceptors (Lipinski definition) is 3. The zero-order valence-corrected chi connectivity index (χ0v) is 15.9. The zero-order valence-electron chi connectivity index (χ0n) is 15.9. The van der Waals surface area contributed by atoms with Gasteiger partial charge in [0.1, 0.15) is 0 Å². The molecule has 0 radical (unpaired) electrons. The van der Waals surface area contributed by atoms with Gasteiger partial charge in [0.25, 0.3) is 0 Å². The summed E-state index contributed by atoms with van der Waals surface area (Å²) in [6.07, 6.45) is 26.5. The van der Waals surface area contributed by atoms with Crippen molar-refractivity contribution in [1.29, 1.82) is 0 Å². The second kappa shape index (κ2) is 15.6. The predicted octanol–water partition coefficient (Wildman–Crippen LogP) is 5.33. The molecule has 1 heterocycles. The van der Waals surface area contributed by atoms with Gasteiger partial charge in [-0.1, -0.05) is 64.0 Å². The van der Waals surface area contributed by atoms with Gasteiger partial charge in [-0.25, -0.2) is 0 Å². The highest BCUT2D eigenvalue weighted by Crippen LogP contribution is 2.14. The predicted molar refractivity (Wildman–Crippen MR) is 105 cm³/mol. The van der Waals surface area contributed by atoms with E-state index in [0.717, 1.165) is 6.54 Å². The van der Waals surface area contributed by atoms with Crippen molar-refractivity contribution < 1.29 is 5.11 Å². The maximum atomic E-state index is 9.03.